The Labute approximate surface area is 119 Å². The zero-order chi connectivity index (χ0) is 13.4. The summed E-state index contributed by atoms with van der Waals surface area (Å²) in [4.78, 5) is 22.3. The second kappa shape index (κ2) is 9.35. The van der Waals surface area contributed by atoms with E-state index in [9.17, 15) is 9.59 Å². The van der Waals surface area contributed by atoms with Crippen LogP contribution in [0.1, 0.15) is 12.5 Å². The summed E-state index contributed by atoms with van der Waals surface area (Å²) in [5.41, 5.74) is 6.82. The van der Waals surface area contributed by atoms with Gasteiger partial charge in [0.25, 0.3) is 0 Å². The van der Waals surface area contributed by atoms with Crippen LogP contribution in [0.4, 0.5) is 0 Å². The van der Waals surface area contributed by atoms with Crippen LogP contribution in [-0.4, -0.2) is 30.9 Å². The van der Waals surface area contributed by atoms with Crippen LogP contribution in [0.3, 0.4) is 0 Å². The van der Waals surface area contributed by atoms with Gasteiger partial charge in [0.2, 0.25) is 11.8 Å². The topological polar surface area (TPSA) is 84.2 Å². The summed E-state index contributed by atoms with van der Waals surface area (Å²) in [6.45, 7) is 2.24. The fraction of sp³-hybridized carbons (Fsp3) is 0.385. The molecule has 0 spiro atoms. The van der Waals surface area contributed by atoms with E-state index in [0.29, 0.717) is 19.5 Å². The molecule has 106 valence electrons. The number of hydrogen-bond donors (Lipinski definition) is 3. The number of benzene rings is 1. The normalized spacial score (nSPS) is 11.1. The molecule has 1 aromatic rings. The fourth-order valence-electron chi connectivity index (χ4n) is 1.52. The Kier molecular flexibility index (Phi) is 8.57. The number of carbonyl (C=O) groups is 2. The van der Waals surface area contributed by atoms with Crippen molar-refractivity contribution in [1.29, 1.82) is 0 Å². The second-order valence-corrected chi connectivity index (χ2v) is 4.07. The van der Waals surface area contributed by atoms with Crippen LogP contribution in [0.2, 0.25) is 0 Å². The SMILES string of the molecule is CC(=O)NCCNC(=O)[C@@H](N)Cc1ccccc1.Cl. The van der Waals surface area contributed by atoms with E-state index in [1.807, 2.05) is 30.3 Å². The number of hydrogen-bond acceptors (Lipinski definition) is 3. The number of rotatable bonds is 6. The van der Waals surface area contributed by atoms with Gasteiger partial charge in [-0.15, -0.1) is 12.4 Å². The molecule has 5 nitrogen and oxygen atoms in total. The number of carbonyl (C=O) groups excluding carboxylic acids is 2. The van der Waals surface area contributed by atoms with Crippen molar-refractivity contribution >= 4 is 24.2 Å². The van der Waals surface area contributed by atoms with Gasteiger partial charge in [-0.2, -0.15) is 0 Å². The van der Waals surface area contributed by atoms with Crippen molar-refractivity contribution in [2.45, 2.75) is 19.4 Å². The average molecular weight is 286 g/mol. The van der Waals surface area contributed by atoms with Crippen LogP contribution in [-0.2, 0) is 16.0 Å². The molecule has 0 fully saturated rings. The zero-order valence-corrected chi connectivity index (χ0v) is 11.7. The third kappa shape index (κ3) is 7.43. The summed E-state index contributed by atoms with van der Waals surface area (Å²) in [6.07, 6.45) is 0.507. The van der Waals surface area contributed by atoms with Gasteiger partial charge >= 0.3 is 0 Å². The molecule has 1 rings (SSSR count). The lowest BCUT2D eigenvalue weighted by Crippen LogP contribution is -2.44. The largest absolute Gasteiger partial charge is 0.355 e. The number of halogens is 1. The van der Waals surface area contributed by atoms with E-state index in [-0.39, 0.29) is 24.2 Å². The average Bonchev–Trinajstić information content (AvgIpc) is 2.35. The van der Waals surface area contributed by atoms with Crippen LogP contribution < -0.4 is 16.4 Å². The molecule has 0 unspecified atom stereocenters. The highest BCUT2D eigenvalue weighted by Gasteiger charge is 2.12. The lowest BCUT2D eigenvalue weighted by atomic mass is 10.1. The maximum atomic E-state index is 11.6. The van der Waals surface area contributed by atoms with Gasteiger partial charge in [-0.05, 0) is 12.0 Å². The highest BCUT2D eigenvalue weighted by atomic mass is 35.5. The lowest BCUT2D eigenvalue weighted by molar-refractivity contribution is -0.123. The molecule has 0 saturated carbocycles. The molecule has 2 amide bonds. The van der Waals surface area contributed by atoms with Crippen molar-refractivity contribution in [1.82, 2.24) is 10.6 Å². The smallest absolute Gasteiger partial charge is 0.237 e. The minimum Gasteiger partial charge on any atom is -0.355 e. The Morgan fingerprint density at radius 3 is 2.32 bits per heavy atom. The molecule has 0 aliphatic rings. The first-order chi connectivity index (χ1) is 8.59. The number of nitrogens with two attached hydrogens (primary N) is 1. The molecule has 6 heteroatoms. The molecule has 0 aliphatic carbocycles. The minimum atomic E-state index is -0.565. The summed E-state index contributed by atoms with van der Waals surface area (Å²) in [6, 6.07) is 9.05. The Bertz CT molecular complexity index is 398. The van der Waals surface area contributed by atoms with E-state index in [1.165, 1.54) is 6.92 Å². The summed E-state index contributed by atoms with van der Waals surface area (Å²) >= 11 is 0. The van der Waals surface area contributed by atoms with E-state index in [1.54, 1.807) is 0 Å². The predicted molar refractivity (Wildman–Crippen MR) is 77.1 cm³/mol. The van der Waals surface area contributed by atoms with Crippen LogP contribution in [0, 0.1) is 0 Å². The number of nitrogens with one attached hydrogen (secondary N) is 2. The Morgan fingerprint density at radius 2 is 1.74 bits per heavy atom. The molecule has 1 aromatic carbocycles. The number of amides is 2. The molecular formula is C13H20ClN3O2. The van der Waals surface area contributed by atoms with E-state index < -0.39 is 6.04 Å². The standard InChI is InChI=1S/C13H19N3O2.ClH/c1-10(17)15-7-8-16-13(18)12(14)9-11-5-3-2-4-6-11;/h2-6,12H,7-9,14H2,1H3,(H,15,17)(H,16,18);1H/t12-;/m0./s1. The Balaban J connectivity index is 0.00000324. The van der Waals surface area contributed by atoms with Gasteiger partial charge < -0.3 is 16.4 Å². The summed E-state index contributed by atoms with van der Waals surface area (Å²) in [7, 11) is 0. The maximum Gasteiger partial charge on any atom is 0.237 e. The van der Waals surface area contributed by atoms with Crippen LogP contribution in [0.5, 0.6) is 0 Å². The van der Waals surface area contributed by atoms with Gasteiger partial charge in [-0.3, -0.25) is 9.59 Å². The van der Waals surface area contributed by atoms with Crippen molar-refractivity contribution in [3.63, 3.8) is 0 Å². The quantitative estimate of drug-likeness (QED) is 0.654. The highest BCUT2D eigenvalue weighted by Crippen LogP contribution is 2.01. The fourth-order valence-corrected chi connectivity index (χ4v) is 1.52. The van der Waals surface area contributed by atoms with E-state index in [0.717, 1.165) is 5.56 Å². The molecule has 1 atom stereocenters. The molecular weight excluding hydrogens is 266 g/mol. The summed E-state index contributed by atoms with van der Waals surface area (Å²) in [5.74, 6) is -0.318. The molecule has 4 N–H and O–H groups in total. The molecule has 0 aliphatic heterocycles. The third-order valence-corrected chi connectivity index (χ3v) is 2.43. The van der Waals surface area contributed by atoms with Crippen molar-refractivity contribution in [3.8, 4) is 0 Å². The summed E-state index contributed by atoms with van der Waals surface area (Å²) < 4.78 is 0. The minimum absolute atomic E-state index is 0. The molecule has 0 radical (unpaired) electrons. The van der Waals surface area contributed by atoms with Crippen molar-refractivity contribution < 1.29 is 9.59 Å². The lowest BCUT2D eigenvalue weighted by Gasteiger charge is -2.12. The molecule has 0 saturated heterocycles. The van der Waals surface area contributed by atoms with E-state index >= 15 is 0 Å². The van der Waals surface area contributed by atoms with Crippen LogP contribution in [0.25, 0.3) is 0 Å². The monoisotopic (exact) mass is 285 g/mol. The van der Waals surface area contributed by atoms with E-state index in [2.05, 4.69) is 10.6 Å². The van der Waals surface area contributed by atoms with Gasteiger partial charge in [0.1, 0.15) is 0 Å². The molecule has 0 aromatic heterocycles. The first kappa shape index (κ1) is 17.4. The summed E-state index contributed by atoms with van der Waals surface area (Å²) in [5, 5.41) is 5.27. The first-order valence-corrected chi connectivity index (χ1v) is 5.91. The highest BCUT2D eigenvalue weighted by molar-refractivity contribution is 5.85. The maximum absolute atomic E-state index is 11.6. The van der Waals surface area contributed by atoms with Gasteiger partial charge in [-0.1, -0.05) is 30.3 Å². The van der Waals surface area contributed by atoms with Gasteiger partial charge in [0.15, 0.2) is 0 Å². The predicted octanol–water partition coefficient (Wildman–Crippen LogP) is 0.231. The van der Waals surface area contributed by atoms with E-state index in [4.69, 9.17) is 5.73 Å². The second-order valence-electron chi connectivity index (χ2n) is 4.07. The molecule has 0 bridgehead atoms. The van der Waals surface area contributed by atoms with Gasteiger partial charge in [0.05, 0.1) is 6.04 Å². The van der Waals surface area contributed by atoms with Gasteiger partial charge in [0, 0.05) is 20.0 Å². The zero-order valence-electron chi connectivity index (χ0n) is 10.9. The van der Waals surface area contributed by atoms with Crippen molar-refractivity contribution in [2.24, 2.45) is 5.73 Å². The van der Waals surface area contributed by atoms with Crippen LogP contribution >= 0.6 is 12.4 Å². The third-order valence-electron chi connectivity index (χ3n) is 2.43. The van der Waals surface area contributed by atoms with Crippen LogP contribution in [0.15, 0.2) is 30.3 Å². The Hall–Kier alpha value is -1.59. The molecule has 19 heavy (non-hydrogen) atoms. The van der Waals surface area contributed by atoms with Crippen molar-refractivity contribution in [3.05, 3.63) is 35.9 Å². The molecule has 0 heterocycles. The first-order valence-electron chi connectivity index (χ1n) is 5.91. The van der Waals surface area contributed by atoms with Crippen molar-refractivity contribution in [2.75, 3.05) is 13.1 Å². The van der Waals surface area contributed by atoms with Gasteiger partial charge in [-0.25, -0.2) is 0 Å². The Morgan fingerprint density at radius 1 is 1.16 bits per heavy atom.